The maximum Gasteiger partial charge on any atom is 0.0675 e. The molecule has 3 rings (SSSR count). The van der Waals surface area contributed by atoms with Crippen LogP contribution < -0.4 is 5.73 Å². The molecule has 1 aliphatic carbocycles. The van der Waals surface area contributed by atoms with Gasteiger partial charge < -0.3 is 10.5 Å². The second kappa shape index (κ2) is 5.40. The zero-order chi connectivity index (χ0) is 15.1. The van der Waals surface area contributed by atoms with Crippen LogP contribution >= 0.6 is 0 Å². The minimum absolute atomic E-state index is 0.171. The van der Waals surface area contributed by atoms with Crippen molar-refractivity contribution in [2.75, 3.05) is 13.2 Å². The van der Waals surface area contributed by atoms with Crippen molar-refractivity contribution in [3.05, 3.63) is 35.4 Å². The summed E-state index contributed by atoms with van der Waals surface area (Å²) in [6, 6.07) is 9.14. The number of hydrogen-bond donors (Lipinski definition) is 1. The number of hydrogen-bond acceptors (Lipinski definition) is 2. The Hall–Kier alpha value is -0.860. The summed E-state index contributed by atoms with van der Waals surface area (Å²) in [5.74, 6) is 0.768. The minimum Gasteiger partial charge on any atom is -0.377 e. The highest BCUT2D eigenvalue weighted by Gasteiger charge is 2.50. The Balaban J connectivity index is 1.77. The SMILES string of the molecule is CC(C)(C)c1ccc(CC2(CN)CCOC2C2CC2)cc1. The Morgan fingerprint density at radius 3 is 2.38 bits per heavy atom. The lowest BCUT2D eigenvalue weighted by Crippen LogP contribution is -2.41. The third-order valence-electron chi connectivity index (χ3n) is 5.33. The van der Waals surface area contributed by atoms with Crippen LogP contribution in [0.3, 0.4) is 0 Å². The minimum atomic E-state index is 0.171. The van der Waals surface area contributed by atoms with Gasteiger partial charge in [0.15, 0.2) is 0 Å². The second-order valence-corrected chi connectivity index (χ2v) is 8.07. The van der Waals surface area contributed by atoms with E-state index in [2.05, 4.69) is 45.0 Å². The van der Waals surface area contributed by atoms with Gasteiger partial charge in [-0.25, -0.2) is 0 Å². The first-order valence-electron chi connectivity index (χ1n) is 8.36. The standard InChI is InChI=1S/C19H29NO/c1-18(2,3)16-8-4-14(5-9-16)12-19(13-20)10-11-21-17(19)15-6-7-15/h4-5,8-9,15,17H,6-7,10-13,20H2,1-3H3. The third kappa shape index (κ3) is 3.02. The molecule has 2 atom stereocenters. The van der Waals surface area contributed by atoms with E-state index in [9.17, 15) is 0 Å². The van der Waals surface area contributed by atoms with Gasteiger partial charge in [0.2, 0.25) is 0 Å². The van der Waals surface area contributed by atoms with Gasteiger partial charge in [-0.2, -0.15) is 0 Å². The molecule has 21 heavy (non-hydrogen) atoms. The molecule has 2 heteroatoms. The van der Waals surface area contributed by atoms with Crippen molar-refractivity contribution >= 4 is 0 Å². The van der Waals surface area contributed by atoms with Gasteiger partial charge in [0.05, 0.1) is 6.10 Å². The summed E-state index contributed by atoms with van der Waals surface area (Å²) in [6.07, 6.45) is 5.23. The zero-order valence-corrected chi connectivity index (χ0v) is 13.7. The molecule has 1 aromatic carbocycles. The van der Waals surface area contributed by atoms with Gasteiger partial charge in [-0.05, 0) is 48.1 Å². The van der Waals surface area contributed by atoms with E-state index in [1.54, 1.807) is 0 Å². The average Bonchev–Trinajstić information content (AvgIpc) is 3.20. The van der Waals surface area contributed by atoms with Crippen molar-refractivity contribution in [3.63, 3.8) is 0 Å². The number of nitrogens with two attached hydrogens (primary N) is 1. The number of benzene rings is 1. The largest absolute Gasteiger partial charge is 0.377 e. The fraction of sp³-hybridized carbons (Fsp3) is 0.684. The Kier molecular flexibility index (Phi) is 3.87. The molecule has 2 unspecified atom stereocenters. The van der Waals surface area contributed by atoms with E-state index in [0.717, 1.165) is 31.9 Å². The lowest BCUT2D eigenvalue weighted by atomic mass is 9.74. The van der Waals surface area contributed by atoms with E-state index in [0.29, 0.717) is 6.10 Å². The van der Waals surface area contributed by atoms with Crippen LogP contribution in [0.5, 0.6) is 0 Å². The van der Waals surface area contributed by atoms with Gasteiger partial charge in [-0.3, -0.25) is 0 Å². The zero-order valence-electron chi connectivity index (χ0n) is 13.7. The molecular formula is C19H29NO. The summed E-state index contributed by atoms with van der Waals surface area (Å²) in [6.45, 7) is 8.42. The van der Waals surface area contributed by atoms with E-state index in [1.165, 1.54) is 24.0 Å². The molecule has 2 aliphatic rings. The summed E-state index contributed by atoms with van der Waals surface area (Å²) in [7, 11) is 0. The third-order valence-corrected chi connectivity index (χ3v) is 5.33. The molecule has 1 aliphatic heterocycles. The monoisotopic (exact) mass is 287 g/mol. The molecule has 1 heterocycles. The van der Waals surface area contributed by atoms with Crippen molar-refractivity contribution in [3.8, 4) is 0 Å². The van der Waals surface area contributed by atoms with Crippen molar-refractivity contribution in [1.29, 1.82) is 0 Å². The summed E-state index contributed by atoms with van der Waals surface area (Å²) in [4.78, 5) is 0. The summed E-state index contributed by atoms with van der Waals surface area (Å²) < 4.78 is 6.05. The Bertz CT molecular complexity index is 483. The Morgan fingerprint density at radius 2 is 1.86 bits per heavy atom. The maximum absolute atomic E-state index is 6.19. The van der Waals surface area contributed by atoms with E-state index in [4.69, 9.17) is 10.5 Å². The van der Waals surface area contributed by atoms with E-state index in [-0.39, 0.29) is 10.8 Å². The van der Waals surface area contributed by atoms with Crippen LogP contribution in [0.2, 0.25) is 0 Å². The normalized spacial score (nSPS) is 29.8. The molecule has 0 radical (unpaired) electrons. The van der Waals surface area contributed by atoms with Gasteiger partial charge in [0.1, 0.15) is 0 Å². The van der Waals surface area contributed by atoms with Crippen LogP contribution in [-0.4, -0.2) is 19.3 Å². The molecule has 116 valence electrons. The Morgan fingerprint density at radius 1 is 1.19 bits per heavy atom. The highest BCUT2D eigenvalue weighted by atomic mass is 16.5. The fourth-order valence-corrected chi connectivity index (χ4v) is 3.75. The van der Waals surface area contributed by atoms with Crippen molar-refractivity contribution < 1.29 is 4.74 Å². The lowest BCUT2D eigenvalue weighted by Gasteiger charge is -2.33. The lowest BCUT2D eigenvalue weighted by molar-refractivity contribution is 0.0345. The first kappa shape index (κ1) is 15.1. The summed E-state index contributed by atoms with van der Waals surface area (Å²) in [5.41, 5.74) is 9.39. The van der Waals surface area contributed by atoms with Gasteiger partial charge in [0.25, 0.3) is 0 Å². The molecule has 0 amide bonds. The molecule has 1 saturated carbocycles. The topological polar surface area (TPSA) is 35.2 Å². The molecule has 1 aromatic rings. The van der Waals surface area contributed by atoms with E-state index < -0.39 is 0 Å². The molecular weight excluding hydrogens is 258 g/mol. The smallest absolute Gasteiger partial charge is 0.0675 e. The van der Waals surface area contributed by atoms with Crippen molar-refractivity contribution in [2.24, 2.45) is 17.1 Å². The van der Waals surface area contributed by atoms with Crippen molar-refractivity contribution in [2.45, 2.75) is 58.0 Å². The molecule has 0 aromatic heterocycles. The highest BCUT2D eigenvalue weighted by Crippen LogP contribution is 2.49. The maximum atomic E-state index is 6.19. The fourth-order valence-electron chi connectivity index (χ4n) is 3.75. The van der Waals surface area contributed by atoms with Crippen LogP contribution in [0.1, 0.15) is 51.2 Å². The first-order valence-corrected chi connectivity index (χ1v) is 8.36. The van der Waals surface area contributed by atoms with Gasteiger partial charge in [-0.1, -0.05) is 45.0 Å². The molecule has 0 spiro atoms. The van der Waals surface area contributed by atoms with Crippen LogP contribution in [-0.2, 0) is 16.6 Å². The van der Waals surface area contributed by atoms with Gasteiger partial charge in [-0.15, -0.1) is 0 Å². The summed E-state index contributed by atoms with van der Waals surface area (Å²) in [5, 5.41) is 0. The van der Waals surface area contributed by atoms with Crippen molar-refractivity contribution in [1.82, 2.24) is 0 Å². The van der Waals surface area contributed by atoms with Crippen LogP contribution in [0, 0.1) is 11.3 Å². The van der Waals surface area contributed by atoms with Crippen LogP contribution in [0.25, 0.3) is 0 Å². The predicted molar refractivity (Wildman–Crippen MR) is 87.4 cm³/mol. The quantitative estimate of drug-likeness (QED) is 0.917. The number of rotatable bonds is 4. The predicted octanol–water partition coefficient (Wildman–Crippen LogP) is 3.67. The number of ether oxygens (including phenoxy) is 1. The van der Waals surface area contributed by atoms with Crippen LogP contribution in [0.4, 0.5) is 0 Å². The van der Waals surface area contributed by atoms with Gasteiger partial charge in [0, 0.05) is 18.6 Å². The molecule has 2 fully saturated rings. The van der Waals surface area contributed by atoms with E-state index >= 15 is 0 Å². The second-order valence-electron chi connectivity index (χ2n) is 8.07. The first-order chi connectivity index (χ1) is 9.94. The Labute approximate surface area is 129 Å². The van der Waals surface area contributed by atoms with Gasteiger partial charge >= 0.3 is 0 Å². The molecule has 1 saturated heterocycles. The molecule has 2 N–H and O–H groups in total. The van der Waals surface area contributed by atoms with E-state index in [1.807, 2.05) is 0 Å². The molecule has 0 bridgehead atoms. The van der Waals surface area contributed by atoms with Crippen LogP contribution in [0.15, 0.2) is 24.3 Å². The molecule has 2 nitrogen and oxygen atoms in total. The highest BCUT2D eigenvalue weighted by molar-refractivity contribution is 5.28. The average molecular weight is 287 g/mol. The summed E-state index contributed by atoms with van der Waals surface area (Å²) >= 11 is 0.